The van der Waals surface area contributed by atoms with E-state index in [0.29, 0.717) is 45.0 Å². The molecule has 0 N–H and O–H groups in total. The van der Waals surface area contributed by atoms with Gasteiger partial charge in [-0.25, -0.2) is 0 Å². The summed E-state index contributed by atoms with van der Waals surface area (Å²) >= 11 is 0. The van der Waals surface area contributed by atoms with E-state index in [4.69, 9.17) is 4.74 Å². The van der Waals surface area contributed by atoms with Crippen molar-refractivity contribution in [2.75, 3.05) is 39.4 Å². The highest BCUT2D eigenvalue weighted by Crippen LogP contribution is 2.20. The molecule has 6 nitrogen and oxygen atoms in total. The van der Waals surface area contributed by atoms with Gasteiger partial charge >= 0.3 is 0 Å². The average Bonchev–Trinajstić information content (AvgIpc) is 2.67. The summed E-state index contributed by atoms with van der Waals surface area (Å²) in [5, 5.41) is 0. The van der Waals surface area contributed by atoms with Gasteiger partial charge < -0.3 is 14.5 Å². The van der Waals surface area contributed by atoms with E-state index < -0.39 is 11.7 Å². The molecule has 0 saturated carbocycles. The van der Waals surface area contributed by atoms with Gasteiger partial charge in [0.1, 0.15) is 0 Å². The maximum absolute atomic E-state index is 12.6. The van der Waals surface area contributed by atoms with Crippen LogP contribution in [0, 0.1) is 12.8 Å². The van der Waals surface area contributed by atoms with E-state index in [1.54, 1.807) is 12.1 Å². The highest BCUT2D eigenvalue weighted by Gasteiger charge is 2.33. The van der Waals surface area contributed by atoms with Gasteiger partial charge in [0.05, 0.1) is 19.1 Å². The summed E-state index contributed by atoms with van der Waals surface area (Å²) in [6, 6.07) is 6.99. The van der Waals surface area contributed by atoms with Gasteiger partial charge in [0.2, 0.25) is 11.7 Å². The second kappa shape index (κ2) is 7.78. The number of amides is 2. The predicted molar refractivity (Wildman–Crippen MR) is 92.2 cm³/mol. The predicted octanol–water partition coefficient (Wildman–Crippen LogP) is 1.28. The largest absolute Gasteiger partial charge is 0.378 e. The Morgan fingerprint density at radius 2 is 1.68 bits per heavy atom. The number of hydrogen-bond donors (Lipinski definition) is 0. The Kier molecular flexibility index (Phi) is 5.48. The normalized spacial score (nSPS) is 21.1. The van der Waals surface area contributed by atoms with Crippen LogP contribution >= 0.6 is 0 Å². The summed E-state index contributed by atoms with van der Waals surface area (Å²) in [6.45, 7) is 5.12. The summed E-state index contributed by atoms with van der Waals surface area (Å²) in [6.07, 6.45) is 1.51. The molecule has 2 fully saturated rings. The van der Waals surface area contributed by atoms with Crippen molar-refractivity contribution in [2.45, 2.75) is 19.8 Å². The third kappa shape index (κ3) is 4.07. The second-order valence-electron chi connectivity index (χ2n) is 6.72. The summed E-state index contributed by atoms with van der Waals surface area (Å²) in [7, 11) is 0. The van der Waals surface area contributed by atoms with Gasteiger partial charge in [-0.1, -0.05) is 29.8 Å². The van der Waals surface area contributed by atoms with E-state index >= 15 is 0 Å². The number of likely N-dealkylation sites (tertiary alicyclic amines) is 1. The van der Waals surface area contributed by atoms with E-state index in [9.17, 15) is 14.4 Å². The molecule has 2 saturated heterocycles. The van der Waals surface area contributed by atoms with Crippen molar-refractivity contribution >= 4 is 17.6 Å². The highest BCUT2D eigenvalue weighted by molar-refractivity contribution is 6.42. The third-order valence-corrected chi connectivity index (χ3v) is 4.89. The van der Waals surface area contributed by atoms with Crippen molar-refractivity contribution in [3.63, 3.8) is 0 Å². The number of rotatable bonds is 3. The van der Waals surface area contributed by atoms with E-state index in [1.165, 1.54) is 4.90 Å². The summed E-state index contributed by atoms with van der Waals surface area (Å²) in [4.78, 5) is 41.0. The smallest absolute Gasteiger partial charge is 0.294 e. The number of morpholine rings is 1. The minimum atomic E-state index is -0.511. The molecule has 1 unspecified atom stereocenters. The van der Waals surface area contributed by atoms with Crippen molar-refractivity contribution in [1.82, 2.24) is 9.80 Å². The van der Waals surface area contributed by atoms with Crippen LogP contribution in [-0.4, -0.2) is 66.8 Å². The Bertz CT molecular complexity index is 650. The van der Waals surface area contributed by atoms with Crippen LogP contribution in [0.1, 0.15) is 28.8 Å². The highest BCUT2D eigenvalue weighted by atomic mass is 16.5. The molecule has 2 aliphatic heterocycles. The van der Waals surface area contributed by atoms with Crippen LogP contribution in [0.3, 0.4) is 0 Å². The number of aryl methyl sites for hydroxylation is 1. The molecule has 1 aromatic rings. The first-order chi connectivity index (χ1) is 12.1. The minimum Gasteiger partial charge on any atom is -0.378 e. The van der Waals surface area contributed by atoms with Crippen molar-refractivity contribution < 1.29 is 19.1 Å². The SMILES string of the molecule is Cc1ccc(C(=O)C(=O)N2CCCC(C(=O)N3CCOCC3)C2)cc1. The van der Waals surface area contributed by atoms with Crippen molar-refractivity contribution in [3.05, 3.63) is 35.4 Å². The van der Waals surface area contributed by atoms with Crippen LogP contribution in [0.2, 0.25) is 0 Å². The molecule has 1 aromatic carbocycles. The molecular formula is C19H24N2O4. The van der Waals surface area contributed by atoms with Crippen LogP contribution in [0.15, 0.2) is 24.3 Å². The molecule has 1 atom stereocenters. The lowest BCUT2D eigenvalue weighted by Gasteiger charge is -2.36. The van der Waals surface area contributed by atoms with Crippen molar-refractivity contribution in [1.29, 1.82) is 0 Å². The molecule has 6 heteroatoms. The monoisotopic (exact) mass is 344 g/mol. The number of carbonyl (C=O) groups is 3. The molecule has 0 radical (unpaired) electrons. The van der Waals surface area contributed by atoms with Gasteiger partial charge in [0, 0.05) is 31.7 Å². The number of piperidine rings is 1. The van der Waals surface area contributed by atoms with Crippen LogP contribution in [0.25, 0.3) is 0 Å². The Morgan fingerprint density at radius 3 is 2.36 bits per heavy atom. The van der Waals surface area contributed by atoms with E-state index in [0.717, 1.165) is 18.4 Å². The van der Waals surface area contributed by atoms with Gasteiger partial charge in [-0.05, 0) is 19.8 Å². The number of hydrogen-bond acceptors (Lipinski definition) is 4. The van der Waals surface area contributed by atoms with Gasteiger partial charge in [-0.15, -0.1) is 0 Å². The zero-order chi connectivity index (χ0) is 17.8. The van der Waals surface area contributed by atoms with Crippen molar-refractivity contribution in [3.8, 4) is 0 Å². The van der Waals surface area contributed by atoms with Crippen molar-refractivity contribution in [2.24, 2.45) is 5.92 Å². The lowest BCUT2D eigenvalue weighted by atomic mass is 9.95. The summed E-state index contributed by atoms with van der Waals surface area (Å²) in [5.74, 6) is -1.16. The number of ketones is 1. The van der Waals surface area contributed by atoms with Gasteiger partial charge in [0.15, 0.2) is 0 Å². The summed E-state index contributed by atoms with van der Waals surface area (Å²) < 4.78 is 5.28. The fraction of sp³-hybridized carbons (Fsp3) is 0.526. The van der Waals surface area contributed by atoms with Crippen LogP contribution in [-0.2, 0) is 14.3 Å². The number of carbonyl (C=O) groups excluding carboxylic acids is 3. The van der Waals surface area contributed by atoms with Gasteiger partial charge in [-0.2, -0.15) is 0 Å². The molecule has 134 valence electrons. The Labute approximate surface area is 147 Å². The zero-order valence-electron chi connectivity index (χ0n) is 14.6. The van der Waals surface area contributed by atoms with E-state index in [2.05, 4.69) is 0 Å². The first-order valence-electron chi connectivity index (χ1n) is 8.83. The lowest BCUT2D eigenvalue weighted by molar-refractivity contribution is -0.143. The minimum absolute atomic E-state index is 0.0728. The van der Waals surface area contributed by atoms with Crippen LogP contribution in [0.5, 0.6) is 0 Å². The number of nitrogens with zero attached hydrogens (tertiary/aromatic N) is 2. The molecule has 0 bridgehead atoms. The quantitative estimate of drug-likeness (QED) is 0.612. The maximum Gasteiger partial charge on any atom is 0.294 e. The average molecular weight is 344 g/mol. The third-order valence-electron chi connectivity index (χ3n) is 4.89. The zero-order valence-corrected chi connectivity index (χ0v) is 14.6. The molecule has 0 aliphatic carbocycles. The fourth-order valence-electron chi connectivity index (χ4n) is 3.38. The topological polar surface area (TPSA) is 66.9 Å². The van der Waals surface area contributed by atoms with Crippen LogP contribution in [0.4, 0.5) is 0 Å². The first-order valence-corrected chi connectivity index (χ1v) is 8.83. The van der Waals surface area contributed by atoms with E-state index in [-0.39, 0.29) is 11.8 Å². The van der Waals surface area contributed by atoms with Gasteiger partial charge in [-0.3, -0.25) is 14.4 Å². The van der Waals surface area contributed by atoms with Gasteiger partial charge in [0.25, 0.3) is 5.91 Å². The van der Waals surface area contributed by atoms with E-state index in [1.807, 2.05) is 24.0 Å². The Hall–Kier alpha value is -2.21. The second-order valence-corrected chi connectivity index (χ2v) is 6.72. The van der Waals surface area contributed by atoms with Crippen LogP contribution < -0.4 is 0 Å². The Morgan fingerprint density at radius 1 is 1.00 bits per heavy atom. The standard InChI is InChI=1S/C19H24N2O4/c1-14-4-6-15(7-5-14)17(22)19(24)21-8-2-3-16(13-21)18(23)20-9-11-25-12-10-20/h4-7,16H,2-3,8-13H2,1H3. The Balaban J connectivity index is 1.63. The molecule has 0 aromatic heterocycles. The number of Topliss-reactive ketones (excluding diaryl/α,β-unsaturated/α-hetero) is 1. The molecule has 2 heterocycles. The summed E-state index contributed by atoms with van der Waals surface area (Å²) in [5.41, 5.74) is 1.44. The lowest BCUT2D eigenvalue weighted by Crippen LogP contribution is -2.50. The molecule has 25 heavy (non-hydrogen) atoms. The molecule has 2 amide bonds. The molecule has 2 aliphatic rings. The first kappa shape index (κ1) is 17.6. The molecule has 0 spiro atoms. The number of ether oxygens (including phenoxy) is 1. The number of benzene rings is 1. The molecule has 3 rings (SSSR count). The maximum atomic E-state index is 12.6. The molecular weight excluding hydrogens is 320 g/mol. The fourth-order valence-corrected chi connectivity index (χ4v) is 3.38.